The minimum atomic E-state index is -0.337. The molecule has 1 aliphatic rings. The van der Waals surface area contributed by atoms with Crippen molar-refractivity contribution in [1.29, 1.82) is 0 Å². The summed E-state index contributed by atoms with van der Waals surface area (Å²) in [6.45, 7) is 7.33. The van der Waals surface area contributed by atoms with Crippen LogP contribution in [-0.4, -0.2) is 55.2 Å². The Hall–Kier alpha value is -2.87. The highest BCUT2D eigenvalue weighted by atomic mass is 32.2. The third-order valence-electron chi connectivity index (χ3n) is 4.79. The second-order valence-corrected chi connectivity index (χ2v) is 9.52. The first-order chi connectivity index (χ1) is 18.1. The maximum Gasteiger partial charge on any atom is 0.185 e. The number of alkyl halides is 2. The third kappa shape index (κ3) is 14.5. The van der Waals surface area contributed by atoms with Crippen LogP contribution in [0.2, 0.25) is 0 Å². The molecule has 1 fully saturated rings. The first-order valence-corrected chi connectivity index (χ1v) is 13.3. The molecule has 10 heteroatoms. The van der Waals surface area contributed by atoms with Gasteiger partial charge < -0.3 is 15.8 Å². The van der Waals surface area contributed by atoms with E-state index in [1.165, 1.54) is 11.0 Å². The normalized spacial score (nSPS) is 13.1. The van der Waals surface area contributed by atoms with Crippen molar-refractivity contribution in [2.24, 2.45) is 0 Å². The van der Waals surface area contributed by atoms with E-state index in [2.05, 4.69) is 34.0 Å². The number of allylic oxidation sites excluding steroid dienone is 3. The predicted octanol–water partition coefficient (Wildman–Crippen LogP) is 6.37. The number of carbonyl (C=O) groups is 1. The Kier molecular flexibility index (Phi) is 20.6. The van der Waals surface area contributed by atoms with Gasteiger partial charge in [0.2, 0.25) is 0 Å². The van der Waals surface area contributed by atoms with E-state index >= 15 is 0 Å². The largest absolute Gasteiger partial charge is 0.486 e. The molecule has 1 aromatic heterocycles. The van der Waals surface area contributed by atoms with E-state index in [0.717, 1.165) is 60.8 Å². The highest BCUT2D eigenvalue weighted by Crippen LogP contribution is 2.31. The number of nitrogens with two attached hydrogens (primary N) is 1. The number of halogens is 2. The van der Waals surface area contributed by atoms with Crippen molar-refractivity contribution in [2.75, 3.05) is 44.6 Å². The molecule has 37 heavy (non-hydrogen) atoms. The van der Waals surface area contributed by atoms with E-state index in [-0.39, 0.29) is 13.3 Å². The zero-order valence-corrected chi connectivity index (χ0v) is 23.2. The molecular weight excluding hydrogens is 514 g/mol. The number of nitrogens with one attached hydrogen (secondary N) is 1. The lowest BCUT2D eigenvalue weighted by Crippen LogP contribution is -2.35. The Morgan fingerprint density at radius 1 is 1.30 bits per heavy atom. The van der Waals surface area contributed by atoms with Crippen LogP contribution in [0.1, 0.15) is 31.1 Å². The van der Waals surface area contributed by atoms with Gasteiger partial charge >= 0.3 is 0 Å². The van der Waals surface area contributed by atoms with Gasteiger partial charge in [-0.15, -0.1) is 19.4 Å². The van der Waals surface area contributed by atoms with Crippen molar-refractivity contribution in [2.45, 2.75) is 43.5 Å². The number of nitrogen functional groups attached to an aromatic ring is 1. The number of thiazole rings is 1. The van der Waals surface area contributed by atoms with Crippen LogP contribution in [0.15, 0.2) is 54.0 Å². The molecule has 1 aromatic carbocycles. The van der Waals surface area contributed by atoms with Crippen LogP contribution in [0.3, 0.4) is 0 Å². The molecule has 3 rings (SSSR count). The van der Waals surface area contributed by atoms with Crippen molar-refractivity contribution >= 4 is 40.5 Å². The monoisotopic (exact) mass is 552 g/mol. The Bertz CT molecular complexity index is 913. The topological polar surface area (TPSA) is 80.5 Å². The van der Waals surface area contributed by atoms with E-state index in [1.54, 1.807) is 36.3 Å². The van der Waals surface area contributed by atoms with Crippen molar-refractivity contribution < 1.29 is 18.3 Å². The van der Waals surface area contributed by atoms with Gasteiger partial charge in [-0.25, -0.2) is 13.7 Å². The molecule has 3 N–H and O–H groups in total. The molecule has 1 saturated heterocycles. The lowest BCUT2D eigenvalue weighted by molar-refractivity contribution is -0.109. The number of hydrogen-bond donors (Lipinski definition) is 2. The Morgan fingerprint density at radius 3 is 2.46 bits per heavy atom. The van der Waals surface area contributed by atoms with Gasteiger partial charge in [0.1, 0.15) is 24.8 Å². The van der Waals surface area contributed by atoms with E-state index in [1.807, 2.05) is 30.3 Å². The second-order valence-electron chi connectivity index (χ2n) is 7.27. The number of aromatic nitrogens is 1. The first kappa shape index (κ1) is 34.1. The summed E-state index contributed by atoms with van der Waals surface area (Å²) in [6.07, 6.45) is 17.8. The van der Waals surface area contributed by atoms with Gasteiger partial charge in [0.15, 0.2) is 11.4 Å². The lowest BCUT2D eigenvalue weighted by atomic mass is 10.1. The SMILES string of the molecule is C#C.C/C=C\CF.C=CCCc1sc(NC2CCN(Sc3ccc(OCC=O)cc3)CC2)nc1N.CF. The number of ether oxygens (including phenoxy) is 1. The Morgan fingerprint density at radius 2 is 1.95 bits per heavy atom. The number of carbonyl (C=O) groups excluding carboxylic acids is 1. The maximum absolute atomic E-state index is 10.9. The fourth-order valence-corrected chi connectivity index (χ4v) is 4.99. The molecule has 6 nitrogen and oxygen atoms in total. The molecule has 0 unspecified atom stereocenters. The third-order valence-corrected chi connectivity index (χ3v) is 6.95. The van der Waals surface area contributed by atoms with Crippen molar-refractivity contribution in [3.63, 3.8) is 0 Å². The average Bonchev–Trinajstić information content (AvgIpc) is 3.29. The molecule has 2 heterocycles. The van der Waals surface area contributed by atoms with Crippen LogP contribution in [-0.2, 0) is 11.2 Å². The molecule has 1 aliphatic heterocycles. The van der Waals surface area contributed by atoms with E-state index < -0.39 is 0 Å². The molecule has 0 radical (unpaired) electrons. The number of piperidine rings is 1. The predicted molar refractivity (Wildman–Crippen MR) is 155 cm³/mol. The molecule has 0 spiro atoms. The fourth-order valence-electron chi connectivity index (χ4n) is 3.07. The fraction of sp³-hybridized carbons (Fsp3) is 0.407. The molecule has 0 aliphatic carbocycles. The van der Waals surface area contributed by atoms with Gasteiger partial charge in [-0.3, -0.25) is 9.18 Å². The smallest absolute Gasteiger partial charge is 0.185 e. The number of hydrogen-bond acceptors (Lipinski definition) is 8. The summed E-state index contributed by atoms with van der Waals surface area (Å²) in [5.41, 5.74) is 6.02. The molecule has 0 bridgehead atoms. The summed E-state index contributed by atoms with van der Waals surface area (Å²) < 4.78 is 28.1. The van der Waals surface area contributed by atoms with Crippen molar-refractivity contribution in [3.05, 3.63) is 53.9 Å². The van der Waals surface area contributed by atoms with Gasteiger partial charge in [0, 0.05) is 24.0 Å². The van der Waals surface area contributed by atoms with Gasteiger partial charge in [0.05, 0.1) is 12.1 Å². The quantitative estimate of drug-likeness (QED) is 0.145. The van der Waals surface area contributed by atoms with Crippen molar-refractivity contribution in [3.8, 4) is 18.6 Å². The van der Waals surface area contributed by atoms with Crippen LogP contribution in [0.4, 0.5) is 19.7 Å². The highest BCUT2D eigenvalue weighted by molar-refractivity contribution is 7.97. The average molecular weight is 553 g/mol. The molecule has 0 saturated carbocycles. The number of anilines is 2. The number of rotatable bonds is 11. The molecule has 204 valence electrons. The maximum atomic E-state index is 10.9. The zero-order chi connectivity index (χ0) is 27.9. The van der Waals surface area contributed by atoms with Crippen LogP contribution < -0.4 is 15.8 Å². The zero-order valence-electron chi connectivity index (χ0n) is 21.6. The van der Waals surface area contributed by atoms with Crippen LogP contribution in [0.5, 0.6) is 5.75 Å². The molecule has 0 amide bonds. The summed E-state index contributed by atoms with van der Waals surface area (Å²) in [4.78, 5) is 17.1. The summed E-state index contributed by atoms with van der Waals surface area (Å²) in [5.74, 6) is 1.36. The second kappa shape index (κ2) is 22.3. The number of nitrogens with zero attached hydrogens (tertiary/aromatic N) is 2. The number of terminal acetylenes is 1. The summed E-state index contributed by atoms with van der Waals surface area (Å²) >= 11 is 3.42. The molecular formula is C27H38F2N4O2S2. The van der Waals surface area contributed by atoms with Crippen LogP contribution >= 0.6 is 23.3 Å². The highest BCUT2D eigenvalue weighted by Gasteiger charge is 2.21. The Labute approximate surface area is 228 Å². The van der Waals surface area contributed by atoms with Gasteiger partial charge in [0.25, 0.3) is 0 Å². The first-order valence-electron chi connectivity index (χ1n) is 11.7. The minimum absolute atomic E-state index is 0.0908. The van der Waals surface area contributed by atoms with Crippen LogP contribution in [0.25, 0.3) is 0 Å². The molecule has 0 atom stereocenters. The summed E-state index contributed by atoms with van der Waals surface area (Å²) in [5, 5.41) is 4.48. The van der Waals surface area contributed by atoms with Gasteiger partial charge in [-0.05, 0) is 68.8 Å². The van der Waals surface area contributed by atoms with E-state index in [0.29, 0.717) is 19.0 Å². The standard InChI is InChI=1S/C20H26N4O2S2.C4H7F.C2H2.CH3F/c1-2-3-4-18-19(21)23-20(27-18)22-15-9-11-24(12-10-15)28-17-7-5-16(6-8-17)26-14-13-25;1-2-3-4-5;2*1-2/h2,5-8,13,15H,1,3-4,9-12,14,21H2,(H,22,23);2-3H,4H2,1H3;1-2H;1H3/b;3-2-;;. The van der Waals surface area contributed by atoms with Gasteiger partial charge in [-0.1, -0.05) is 29.6 Å². The number of benzene rings is 1. The summed E-state index contributed by atoms with van der Waals surface area (Å²) in [6, 6.07) is 8.28. The van der Waals surface area contributed by atoms with E-state index in [9.17, 15) is 13.6 Å². The van der Waals surface area contributed by atoms with E-state index in [4.69, 9.17) is 10.5 Å². The van der Waals surface area contributed by atoms with Gasteiger partial charge in [-0.2, -0.15) is 0 Å². The van der Waals surface area contributed by atoms with Crippen LogP contribution in [0, 0.1) is 12.8 Å². The number of aryl methyl sites for hydroxylation is 1. The van der Waals surface area contributed by atoms with Crippen molar-refractivity contribution in [1.82, 2.24) is 9.29 Å². The summed E-state index contributed by atoms with van der Waals surface area (Å²) in [7, 11) is 0.500. The minimum Gasteiger partial charge on any atom is -0.486 e. The lowest BCUT2D eigenvalue weighted by Gasteiger charge is -2.31. The molecule has 2 aromatic rings. The number of aldehydes is 1. The Balaban J connectivity index is 0.00000127.